The molecule has 0 unspecified atom stereocenters. The second-order valence-corrected chi connectivity index (χ2v) is 4.16. The summed E-state index contributed by atoms with van der Waals surface area (Å²) in [6, 6.07) is 5.85. The average Bonchev–Trinajstić information content (AvgIpc) is 2.70. The van der Waals surface area contributed by atoms with Crippen molar-refractivity contribution in [2.24, 2.45) is 0 Å². The Hall–Kier alpha value is -2.10. The second-order valence-electron chi connectivity index (χ2n) is 4.16. The van der Waals surface area contributed by atoms with Gasteiger partial charge in [0.25, 0.3) is 5.91 Å². The highest BCUT2D eigenvalue weighted by atomic mass is 16.1. The van der Waals surface area contributed by atoms with E-state index in [2.05, 4.69) is 15.5 Å². The fourth-order valence-electron chi connectivity index (χ4n) is 1.60. The maximum absolute atomic E-state index is 11.9. The Labute approximate surface area is 100 Å². The molecule has 0 bridgehead atoms. The zero-order chi connectivity index (χ0) is 12.4. The van der Waals surface area contributed by atoms with Crippen LogP contribution in [0.1, 0.15) is 27.2 Å². The number of aromatic amines is 1. The first-order valence-corrected chi connectivity index (χ1v) is 5.46. The molecule has 2 rings (SSSR count). The Morgan fingerprint density at radius 1 is 1.24 bits per heavy atom. The number of benzene rings is 1. The van der Waals surface area contributed by atoms with Crippen LogP contribution in [0.2, 0.25) is 0 Å². The summed E-state index contributed by atoms with van der Waals surface area (Å²) >= 11 is 0. The normalized spacial score (nSPS) is 10.3. The first kappa shape index (κ1) is 11.4. The van der Waals surface area contributed by atoms with E-state index in [9.17, 15) is 4.79 Å². The maximum atomic E-state index is 11.9. The molecular formula is C13H15N3O. The van der Waals surface area contributed by atoms with Crippen LogP contribution in [0, 0.1) is 20.8 Å². The molecule has 0 spiro atoms. The molecule has 1 amide bonds. The van der Waals surface area contributed by atoms with Gasteiger partial charge in [-0.25, -0.2) is 0 Å². The van der Waals surface area contributed by atoms with E-state index < -0.39 is 0 Å². The van der Waals surface area contributed by atoms with Crippen LogP contribution in [0.3, 0.4) is 0 Å². The molecule has 0 radical (unpaired) electrons. The molecule has 1 aromatic carbocycles. The van der Waals surface area contributed by atoms with E-state index in [1.54, 1.807) is 0 Å². The third kappa shape index (κ3) is 2.36. The standard InChI is InChI=1S/C13H15N3O/c1-8-4-5-11(6-9(8)2)15-13(17)12-7-14-16-10(12)3/h4-7H,1-3H3,(H,14,16)(H,15,17). The summed E-state index contributed by atoms with van der Waals surface area (Å²) in [5.41, 5.74) is 4.52. The predicted octanol–water partition coefficient (Wildman–Crippen LogP) is 2.59. The first-order valence-electron chi connectivity index (χ1n) is 5.46. The van der Waals surface area contributed by atoms with Gasteiger partial charge in [0, 0.05) is 11.4 Å². The Morgan fingerprint density at radius 2 is 2.00 bits per heavy atom. The number of nitrogens with one attached hydrogen (secondary N) is 2. The van der Waals surface area contributed by atoms with Crippen molar-refractivity contribution in [1.29, 1.82) is 0 Å². The van der Waals surface area contributed by atoms with E-state index in [1.807, 2.05) is 39.0 Å². The SMILES string of the molecule is Cc1ccc(NC(=O)c2cn[nH]c2C)cc1C. The van der Waals surface area contributed by atoms with Gasteiger partial charge in [-0.1, -0.05) is 6.07 Å². The molecular weight excluding hydrogens is 214 g/mol. The summed E-state index contributed by atoms with van der Waals surface area (Å²) in [5, 5.41) is 9.43. The molecule has 4 heteroatoms. The average molecular weight is 229 g/mol. The van der Waals surface area contributed by atoms with Crippen LogP contribution in [0.25, 0.3) is 0 Å². The van der Waals surface area contributed by atoms with E-state index in [0.717, 1.165) is 16.9 Å². The topological polar surface area (TPSA) is 57.8 Å². The van der Waals surface area contributed by atoms with Crippen LogP contribution in [0.4, 0.5) is 5.69 Å². The number of amides is 1. The fourth-order valence-corrected chi connectivity index (χ4v) is 1.60. The van der Waals surface area contributed by atoms with Gasteiger partial charge in [0.05, 0.1) is 11.8 Å². The first-order chi connectivity index (χ1) is 8.08. The van der Waals surface area contributed by atoms with Crippen LogP contribution >= 0.6 is 0 Å². The molecule has 0 fully saturated rings. The molecule has 1 heterocycles. The summed E-state index contributed by atoms with van der Waals surface area (Å²) in [6.07, 6.45) is 1.53. The predicted molar refractivity (Wildman–Crippen MR) is 67.2 cm³/mol. The zero-order valence-electron chi connectivity index (χ0n) is 10.2. The Kier molecular flexibility index (Phi) is 2.95. The second kappa shape index (κ2) is 4.41. The lowest BCUT2D eigenvalue weighted by molar-refractivity contribution is 0.102. The minimum absolute atomic E-state index is 0.139. The van der Waals surface area contributed by atoms with Gasteiger partial charge in [0.1, 0.15) is 0 Å². The number of H-pyrrole nitrogens is 1. The highest BCUT2D eigenvalue weighted by Crippen LogP contribution is 2.15. The van der Waals surface area contributed by atoms with Crippen molar-refractivity contribution in [3.63, 3.8) is 0 Å². The number of aryl methyl sites for hydroxylation is 3. The minimum Gasteiger partial charge on any atom is -0.322 e. The van der Waals surface area contributed by atoms with Crippen LogP contribution in [0.5, 0.6) is 0 Å². The van der Waals surface area contributed by atoms with Crippen molar-refractivity contribution in [2.75, 3.05) is 5.32 Å². The van der Waals surface area contributed by atoms with Crippen LogP contribution in [0.15, 0.2) is 24.4 Å². The molecule has 0 saturated heterocycles. The maximum Gasteiger partial charge on any atom is 0.259 e. The van der Waals surface area contributed by atoms with Gasteiger partial charge in [0.15, 0.2) is 0 Å². The Morgan fingerprint density at radius 3 is 2.59 bits per heavy atom. The highest BCUT2D eigenvalue weighted by Gasteiger charge is 2.10. The monoisotopic (exact) mass is 229 g/mol. The molecule has 0 aliphatic carbocycles. The number of carbonyl (C=O) groups is 1. The van der Waals surface area contributed by atoms with E-state index in [4.69, 9.17) is 0 Å². The summed E-state index contributed by atoms with van der Waals surface area (Å²) in [7, 11) is 0. The molecule has 1 aromatic heterocycles. The zero-order valence-corrected chi connectivity index (χ0v) is 10.2. The number of anilines is 1. The highest BCUT2D eigenvalue weighted by molar-refractivity contribution is 6.04. The number of hydrogen-bond donors (Lipinski definition) is 2. The van der Waals surface area contributed by atoms with Gasteiger partial charge in [-0.3, -0.25) is 9.89 Å². The summed E-state index contributed by atoms with van der Waals surface area (Å²) in [4.78, 5) is 11.9. The van der Waals surface area contributed by atoms with Gasteiger partial charge < -0.3 is 5.32 Å². The molecule has 2 N–H and O–H groups in total. The van der Waals surface area contributed by atoms with Crippen LogP contribution in [-0.4, -0.2) is 16.1 Å². The van der Waals surface area contributed by atoms with Gasteiger partial charge in [-0.15, -0.1) is 0 Å². The molecule has 0 aliphatic heterocycles. The molecule has 2 aromatic rings. The molecule has 88 valence electrons. The van der Waals surface area contributed by atoms with Crippen LogP contribution < -0.4 is 5.32 Å². The van der Waals surface area contributed by atoms with E-state index >= 15 is 0 Å². The molecule has 0 saturated carbocycles. The third-order valence-corrected chi connectivity index (χ3v) is 2.84. The van der Waals surface area contributed by atoms with Crippen molar-refractivity contribution < 1.29 is 4.79 Å². The van der Waals surface area contributed by atoms with E-state index in [0.29, 0.717) is 5.56 Å². The van der Waals surface area contributed by atoms with Gasteiger partial charge in [-0.2, -0.15) is 5.10 Å². The van der Waals surface area contributed by atoms with Gasteiger partial charge in [-0.05, 0) is 44.0 Å². The van der Waals surface area contributed by atoms with Gasteiger partial charge >= 0.3 is 0 Å². The molecule has 0 atom stereocenters. The summed E-state index contributed by atoms with van der Waals surface area (Å²) in [5.74, 6) is -0.139. The third-order valence-electron chi connectivity index (χ3n) is 2.84. The Balaban J connectivity index is 2.19. The molecule has 0 aliphatic rings. The lowest BCUT2D eigenvalue weighted by Gasteiger charge is -2.07. The van der Waals surface area contributed by atoms with Crippen molar-refractivity contribution in [3.8, 4) is 0 Å². The fraction of sp³-hybridized carbons (Fsp3) is 0.231. The minimum atomic E-state index is -0.139. The summed E-state index contributed by atoms with van der Waals surface area (Å²) < 4.78 is 0. The summed E-state index contributed by atoms with van der Waals surface area (Å²) in [6.45, 7) is 5.89. The number of carbonyl (C=O) groups excluding carboxylic acids is 1. The van der Waals surface area contributed by atoms with E-state index in [1.165, 1.54) is 11.8 Å². The number of aromatic nitrogens is 2. The van der Waals surface area contributed by atoms with Crippen molar-refractivity contribution in [3.05, 3.63) is 46.8 Å². The largest absolute Gasteiger partial charge is 0.322 e. The van der Waals surface area contributed by atoms with Gasteiger partial charge in [0.2, 0.25) is 0 Å². The smallest absolute Gasteiger partial charge is 0.259 e. The number of rotatable bonds is 2. The Bertz CT molecular complexity index is 558. The van der Waals surface area contributed by atoms with Crippen LogP contribution in [-0.2, 0) is 0 Å². The molecule has 17 heavy (non-hydrogen) atoms. The van der Waals surface area contributed by atoms with E-state index in [-0.39, 0.29) is 5.91 Å². The van der Waals surface area contributed by atoms with Crippen molar-refractivity contribution >= 4 is 11.6 Å². The van der Waals surface area contributed by atoms with Crippen molar-refractivity contribution in [2.45, 2.75) is 20.8 Å². The quantitative estimate of drug-likeness (QED) is 0.831. The number of hydrogen-bond acceptors (Lipinski definition) is 2. The van der Waals surface area contributed by atoms with Crippen molar-refractivity contribution in [1.82, 2.24) is 10.2 Å². The number of nitrogens with zero attached hydrogens (tertiary/aromatic N) is 1. The lowest BCUT2D eigenvalue weighted by Crippen LogP contribution is -2.12. The lowest BCUT2D eigenvalue weighted by atomic mass is 10.1. The molecule has 4 nitrogen and oxygen atoms in total.